The van der Waals surface area contributed by atoms with Crippen molar-refractivity contribution in [3.05, 3.63) is 66.2 Å². The molecule has 0 unspecified atom stereocenters. The average molecular weight is 329 g/mol. The molecule has 0 aromatic heterocycles. The van der Waals surface area contributed by atoms with Crippen LogP contribution in [0.1, 0.15) is 5.56 Å². The van der Waals surface area contributed by atoms with Crippen LogP contribution in [0.3, 0.4) is 0 Å². The van der Waals surface area contributed by atoms with Crippen LogP contribution in [-0.2, 0) is 20.7 Å². The van der Waals surface area contributed by atoms with Crippen molar-refractivity contribution in [3.8, 4) is 0 Å². The van der Waals surface area contributed by atoms with Gasteiger partial charge in [0.2, 0.25) is 0 Å². The lowest BCUT2D eigenvalue weighted by Gasteiger charge is -2.07. The third-order valence-electron chi connectivity index (χ3n) is 3.04. The molecule has 0 spiro atoms. The Hall–Kier alpha value is -2.27. The molecule has 120 valence electrons. The van der Waals surface area contributed by atoms with Gasteiger partial charge in [0, 0.05) is 11.4 Å². The van der Waals surface area contributed by atoms with E-state index >= 15 is 0 Å². The molecule has 4 nitrogen and oxygen atoms in total. The summed E-state index contributed by atoms with van der Waals surface area (Å²) in [6.07, 6.45) is 0.754. The van der Waals surface area contributed by atoms with Gasteiger partial charge >= 0.3 is 5.97 Å². The Labute approximate surface area is 140 Å². The first-order valence-electron chi connectivity index (χ1n) is 7.38. The SMILES string of the molecule is O=C(COC(=O)CSc1ccccc1)NCCc1ccccc1. The van der Waals surface area contributed by atoms with Gasteiger partial charge in [-0.05, 0) is 24.1 Å². The molecular formula is C18H19NO3S. The highest BCUT2D eigenvalue weighted by Gasteiger charge is 2.08. The van der Waals surface area contributed by atoms with Crippen LogP contribution in [0.15, 0.2) is 65.6 Å². The van der Waals surface area contributed by atoms with Crippen molar-refractivity contribution in [1.82, 2.24) is 5.32 Å². The number of carbonyl (C=O) groups is 2. The van der Waals surface area contributed by atoms with E-state index in [9.17, 15) is 9.59 Å². The zero-order valence-electron chi connectivity index (χ0n) is 12.7. The number of benzene rings is 2. The van der Waals surface area contributed by atoms with Crippen LogP contribution < -0.4 is 5.32 Å². The molecule has 0 fully saturated rings. The molecule has 0 radical (unpaired) electrons. The van der Waals surface area contributed by atoms with Gasteiger partial charge < -0.3 is 10.1 Å². The number of carbonyl (C=O) groups excluding carboxylic acids is 2. The second-order valence-electron chi connectivity index (χ2n) is 4.85. The summed E-state index contributed by atoms with van der Waals surface area (Å²) in [5.41, 5.74) is 1.16. The van der Waals surface area contributed by atoms with Crippen LogP contribution >= 0.6 is 11.8 Å². The van der Waals surface area contributed by atoms with Crippen LogP contribution in [0.4, 0.5) is 0 Å². The van der Waals surface area contributed by atoms with Crippen molar-refractivity contribution in [3.63, 3.8) is 0 Å². The fraction of sp³-hybridized carbons (Fsp3) is 0.222. The van der Waals surface area contributed by atoms with Gasteiger partial charge in [-0.25, -0.2) is 0 Å². The maximum Gasteiger partial charge on any atom is 0.316 e. The van der Waals surface area contributed by atoms with Gasteiger partial charge in [-0.15, -0.1) is 11.8 Å². The second kappa shape index (κ2) is 9.69. The molecule has 1 N–H and O–H groups in total. The van der Waals surface area contributed by atoms with Crippen molar-refractivity contribution in [2.24, 2.45) is 0 Å². The third kappa shape index (κ3) is 7.02. The summed E-state index contributed by atoms with van der Waals surface area (Å²) in [5, 5.41) is 2.74. The van der Waals surface area contributed by atoms with E-state index in [1.54, 1.807) is 0 Å². The fourth-order valence-electron chi connectivity index (χ4n) is 1.89. The summed E-state index contributed by atoms with van der Waals surface area (Å²) in [5.74, 6) is -0.475. The number of hydrogen-bond donors (Lipinski definition) is 1. The minimum Gasteiger partial charge on any atom is -0.455 e. The van der Waals surface area contributed by atoms with E-state index in [1.165, 1.54) is 11.8 Å². The smallest absolute Gasteiger partial charge is 0.316 e. The molecule has 0 aliphatic carbocycles. The van der Waals surface area contributed by atoms with Crippen LogP contribution in [0.2, 0.25) is 0 Å². The Bertz CT molecular complexity index is 617. The van der Waals surface area contributed by atoms with Gasteiger partial charge in [0.1, 0.15) is 0 Å². The summed E-state index contributed by atoms with van der Waals surface area (Å²) in [7, 11) is 0. The molecule has 0 atom stereocenters. The van der Waals surface area contributed by atoms with Gasteiger partial charge in [-0.3, -0.25) is 9.59 Å². The predicted octanol–water partition coefficient (Wildman–Crippen LogP) is 2.68. The number of esters is 1. The summed E-state index contributed by atoms with van der Waals surface area (Å²) >= 11 is 1.39. The van der Waals surface area contributed by atoms with Gasteiger partial charge in [0.05, 0.1) is 5.75 Å². The summed E-state index contributed by atoms with van der Waals surface area (Å²) in [6, 6.07) is 19.5. The molecule has 2 rings (SSSR count). The van der Waals surface area contributed by atoms with Crippen molar-refractivity contribution >= 4 is 23.6 Å². The van der Waals surface area contributed by atoms with E-state index in [4.69, 9.17) is 4.74 Å². The quantitative estimate of drug-likeness (QED) is 0.597. The normalized spacial score (nSPS) is 10.1. The molecule has 0 saturated carbocycles. The average Bonchev–Trinajstić information content (AvgIpc) is 2.60. The minimum atomic E-state index is -0.392. The number of amides is 1. The highest BCUT2D eigenvalue weighted by molar-refractivity contribution is 8.00. The van der Waals surface area contributed by atoms with E-state index in [2.05, 4.69) is 5.32 Å². The maximum atomic E-state index is 11.6. The molecule has 0 aliphatic rings. The first-order chi connectivity index (χ1) is 11.2. The van der Waals surface area contributed by atoms with Crippen LogP contribution in [0, 0.1) is 0 Å². The minimum absolute atomic E-state index is 0.196. The lowest BCUT2D eigenvalue weighted by molar-refractivity contribution is -0.145. The molecule has 5 heteroatoms. The van der Waals surface area contributed by atoms with Crippen molar-refractivity contribution in [2.45, 2.75) is 11.3 Å². The second-order valence-corrected chi connectivity index (χ2v) is 5.90. The number of nitrogens with one attached hydrogen (secondary N) is 1. The van der Waals surface area contributed by atoms with E-state index in [1.807, 2.05) is 60.7 Å². The Morgan fingerprint density at radius 1 is 0.957 bits per heavy atom. The molecular weight excluding hydrogens is 310 g/mol. The molecule has 2 aromatic carbocycles. The number of ether oxygens (including phenoxy) is 1. The molecule has 0 saturated heterocycles. The molecule has 23 heavy (non-hydrogen) atoms. The van der Waals surface area contributed by atoms with E-state index in [0.717, 1.165) is 16.9 Å². The lowest BCUT2D eigenvalue weighted by Crippen LogP contribution is -2.30. The molecule has 0 bridgehead atoms. The fourth-order valence-corrected chi connectivity index (χ4v) is 2.61. The number of hydrogen-bond acceptors (Lipinski definition) is 4. The predicted molar refractivity (Wildman–Crippen MR) is 91.3 cm³/mol. The number of rotatable bonds is 8. The van der Waals surface area contributed by atoms with Gasteiger partial charge in [0.15, 0.2) is 6.61 Å². The Morgan fingerprint density at radius 2 is 1.61 bits per heavy atom. The van der Waals surface area contributed by atoms with Crippen LogP contribution in [-0.4, -0.2) is 30.8 Å². The third-order valence-corrected chi connectivity index (χ3v) is 4.03. The van der Waals surface area contributed by atoms with E-state index < -0.39 is 5.97 Å². The van der Waals surface area contributed by atoms with Crippen molar-refractivity contribution in [2.75, 3.05) is 18.9 Å². The zero-order chi connectivity index (χ0) is 16.3. The first-order valence-corrected chi connectivity index (χ1v) is 8.37. The van der Waals surface area contributed by atoms with E-state index in [-0.39, 0.29) is 18.3 Å². The van der Waals surface area contributed by atoms with E-state index in [0.29, 0.717) is 6.54 Å². The maximum absolute atomic E-state index is 11.6. The van der Waals surface area contributed by atoms with Crippen molar-refractivity contribution < 1.29 is 14.3 Å². The summed E-state index contributed by atoms with van der Waals surface area (Å²) in [6.45, 7) is 0.294. The molecule has 1 amide bonds. The largest absolute Gasteiger partial charge is 0.455 e. The Morgan fingerprint density at radius 3 is 2.30 bits per heavy atom. The van der Waals surface area contributed by atoms with Gasteiger partial charge in [0.25, 0.3) is 5.91 Å². The standard InChI is InChI=1S/C18H19NO3S/c20-17(19-12-11-15-7-3-1-4-8-15)13-22-18(21)14-23-16-9-5-2-6-10-16/h1-10H,11-14H2,(H,19,20). The highest BCUT2D eigenvalue weighted by Crippen LogP contribution is 2.16. The van der Waals surface area contributed by atoms with Gasteiger partial charge in [-0.2, -0.15) is 0 Å². The summed E-state index contributed by atoms with van der Waals surface area (Å²) in [4.78, 5) is 24.2. The Kier molecular flexibility index (Phi) is 7.20. The highest BCUT2D eigenvalue weighted by atomic mass is 32.2. The molecule has 0 heterocycles. The lowest BCUT2D eigenvalue weighted by atomic mass is 10.1. The monoisotopic (exact) mass is 329 g/mol. The molecule has 2 aromatic rings. The topological polar surface area (TPSA) is 55.4 Å². The van der Waals surface area contributed by atoms with Gasteiger partial charge in [-0.1, -0.05) is 48.5 Å². The number of thioether (sulfide) groups is 1. The van der Waals surface area contributed by atoms with Crippen molar-refractivity contribution in [1.29, 1.82) is 0 Å². The first kappa shape index (κ1) is 17.1. The van der Waals surface area contributed by atoms with Crippen LogP contribution in [0.25, 0.3) is 0 Å². The Balaban J connectivity index is 1.57. The summed E-state index contributed by atoms with van der Waals surface area (Å²) < 4.78 is 4.96. The van der Waals surface area contributed by atoms with Crippen LogP contribution in [0.5, 0.6) is 0 Å². The molecule has 0 aliphatic heterocycles. The zero-order valence-corrected chi connectivity index (χ0v) is 13.6.